The molecule has 0 unspecified atom stereocenters. The zero-order valence-electron chi connectivity index (χ0n) is 8.10. The third kappa shape index (κ3) is 4.69. The highest BCUT2D eigenvalue weighted by Gasteiger charge is 1.99. The van der Waals surface area contributed by atoms with Crippen LogP contribution in [-0.4, -0.2) is 29.2 Å². The number of nitrogens with zero attached hydrogens (tertiary/aromatic N) is 3. The summed E-state index contributed by atoms with van der Waals surface area (Å²) in [5, 5.41) is 21.1. The monoisotopic (exact) mass is 205 g/mol. The largest absolute Gasteiger partial charge is 0.342 e. The van der Waals surface area contributed by atoms with Crippen molar-refractivity contribution >= 4 is 5.91 Å². The number of hydrogen-bond donors (Lipinski definition) is 2. The van der Waals surface area contributed by atoms with Crippen LogP contribution in [0.5, 0.6) is 0 Å². The molecule has 6 heteroatoms. The quantitative estimate of drug-likeness (QED) is 0.614. The number of amides is 1. The second-order valence-corrected chi connectivity index (χ2v) is 2.75. The number of carbonyl (C=O) groups excluding carboxylic acids is 1. The molecule has 0 saturated carbocycles. The van der Waals surface area contributed by atoms with Gasteiger partial charge in [-0.1, -0.05) is 0 Å². The fourth-order valence-electron chi connectivity index (χ4n) is 0.932. The Labute approximate surface area is 87.3 Å². The average Bonchev–Trinajstić information content (AvgIpc) is 2.28. The normalized spacial score (nSPS) is 9.27. The number of carbonyl (C=O) groups is 1. The average molecular weight is 205 g/mol. The van der Waals surface area contributed by atoms with Crippen LogP contribution in [0.4, 0.5) is 0 Å². The molecule has 0 aliphatic carbocycles. The molecule has 0 saturated heterocycles. The highest BCUT2D eigenvalue weighted by atomic mass is 16.1. The van der Waals surface area contributed by atoms with Gasteiger partial charge in [-0.15, -0.1) is 0 Å². The number of aromatic nitrogens is 2. The van der Waals surface area contributed by atoms with Crippen molar-refractivity contribution < 1.29 is 4.79 Å². The van der Waals surface area contributed by atoms with Crippen LogP contribution in [-0.2, 0) is 11.3 Å². The summed E-state index contributed by atoms with van der Waals surface area (Å²) < 4.78 is 0. The molecule has 78 valence electrons. The number of nitriles is 1. The van der Waals surface area contributed by atoms with Crippen molar-refractivity contribution in [2.24, 2.45) is 0 Å². The Balaban J connectivity index is 2.17. The molecule has 0 spiro atoms. The lowest BCUT2D eigenvalue weighted by molar-refractivity contribution is -0.120. The van der Waals surface area contributed by atoms with E-state index in [1.165, 1.54) is 0 Å². The van der Waals surface area contributed by atoms with E-state index in [0.29, 0.717) is 6.54 Å². The highest BCUT2D eigenvalue weighted by molar-refractivity contribution is 5.78. The zero-order chi connectivity index (χ0) is 10.9. The van der Waals surface area contributed by atoms with E-state index in [0.717, 1.165) is 5.69 Å². The summed E-state index contributed by atoms with van der Waals surface area (Å²) in [7, 11) is 0. The van der Waals surface area contributed by atoms with E-state index < -0.39 is 0 Å². The van der Waals surface area contributed by atoms with Crippen LogP contribution in [0.15, 0.2) is 18.3 Å². The van der Waals surface area contributed by atoms with E-state index in [1.54, 1.807) is 12.3 Å². The van der Waals surface area contributed by atoms with Gasteiger partial charge in [0.2, 0.25) is 5.91 Å². The van der Waals surface area contributed by atoms with Crippen LogP contribution in [0.3, 0.4) is 0 Å². The van der Waals surface area contributed by atoms with Crippen molar-refractivity contribution in [2.45, 2.75) is 6.54 Å². The first-order valence-corrected chi connectivity index (χ1v) is 4.44. The van der Waals surface area contributed by atoms with Crippen LogP contribution in [0.1, 0.15) is 5.69 Å². The maximum atomic E-state index is 11.0. The van der Waals surface area contributed by atoms with E-state index in [4.69, 9.17) is 5.26 Å². The van der Waals surface area contributed by atoms with Gasteiger partial charge in [-0.25, -0.2) is 0 Å². The molecule has 1 heterocycles. The van der Waals surface area contributed by atoms with Gasteiger partial charge in [0.15, 0.2) is 0 Å². The van der Waals surface area contributed by atoms with Crippen LogP contribution in [0.2, 0.25) is 0 Å². The van der Waals surface area contributed by atoms with E-state index in [1.807, 2.05) is 12.1 Å². The molecule has 0 fully saturated rings. The highest BCUT2D eigenvalue weighted by Crippen LogP contribution is 1.88. The SMILES string of the molecule is N#CCNC(=O)CNCc1cccnn1. The summed E-state index contributed by atoms with van der Waals surface area (Å²) >= 11 is 0. The Kier molecular flexibility index (Phi) is 4.77. The Morgan fingerprint density at radius 1 is 1.60 bits per heavy atom. The van der Waals surface area contributed by atoms with Gasteiger partial charge in [0, 0.05) is 12.7 Å². The maximum absolute atomic E-state index is 11.0. The van der Waals surface area contributed by atoms with Crippen LogP contribution in [0.25, 0.3) is 0 Å². The summed E-state index contributed by atoms with van der Waals surface area (Å²) in [5.41, 5.74) is 0.769. The summed E-state index contributed by atoms with van der Waals surface area (Å²) in [6.45, 7) is 0.678. The lowest BCUT2D eigenvalue weighted by Gasteiger charge is -2.02. The summed E-state index contributed by atoms with van der Waals surface area (Å²) in [4.78, 5) is 11.0. The van der Waals surface area contributed by atoms with Crippen molar-refractivity contribution in [3.05, 3.63) is 24.0 Å². The number of rotatable bonds is 5. The summed E-state index contributed by atoms with van der Waals surface area (Å²) in [6.07, 6.45) is 1.59. The lowest BCUT2D eigenvalue weighted by atomic mass is 10.4. The maximum Gasteiger partial charge on any atom is 0.234 e. The Hall–Kier alpha value is -2.00. The van der Waals surface area contributed by atoms with Crippen LogP contribution >= 0.6 is 0 Å². The van der Waals surface area contributed by atoms with Gasteiger partial charge in [-0.2, -0.15) is 15.5 Å². The molecule has 0 atom stereocenters. The minimum absolute atomic E-state index is 0.0334. The molecule has 0 aliphatic rings. The smallest absolute Gasteiger partial charge is 0.234 e. The molecular weight excluding hydrogens is 194 g/mol. The Bertz CT molecular complexity index is 345. The molecule has 6 nitrogen and oxygen atoms in total. The third-order valence-electron chi connectivity index (χ3n) is 1.58. The number of hydrogen-bond acceptors (Lipinski definition) is 5. The molecule has 0 radical (unpaired) electrons. The van der Waals surface area contributed by atoms with Crippen molar-refractivity contribution in [3.63, 3.8) is 0 Å². The van der Waals surface area contributed by atoms with Crippen LogP contribution < -0.4 is 10.6 Å². The predicted molar refractivity (Wildman–Crippen MR) is 52.4 cm³/mol. The van der Waals surface area contributed by atoms with Crippen LogP contribution in [0, 0.1) is 11.3 Å². The van der Waals surface area contributed by atoms with E-state index in [-0.39, 0.29) is 19.0 Å². The molecule has 15 heavy (non-hydrogen) atoms. The van der Waals surface area contributed by atoms with Crippen molar-refractivity contribution in [1.29, 1.82) is 5.26 Å². The minimum atomic E-state index is -0.208. The molecule has 0 bridgehead atoms. The predicted octanol–water partition coefficient (Wildman–Crippen LogP) is -0.794. The molecule has 0 aromatic carbocycles. The minimum Gasteiger partial charge on any atom is -0.342 e. The molecular formula is C9H11N5O. The Morgan fingerprint density at radius 2 is 2.47 bits per heavy atom. The van der Waals surface area contributed by atoms with Crippen molar-refractivity contribution in [3.8, 4) is 6.07 Å². The molecule has 1 rings (SSSR count). The van der Waals surface area contributed by atoms with E-state index >= 15 is 0 Å². The van der Waals surface area contributed by atoms with Gasteiger partial charge in [-0.3, -0.25) is 4.79 Å². The second kappa shape index (κ2) is 6.45. The standard InChI is InChI=1S/C9H11N5O/c10-3-5-12-9(15)7-11-6-8-2-1-4-13-14-8/h1-2,4,11H,5-7H2,(H,12,15). The van der Waals surface area contributed by atoms with Crippen molar-refractivity contribution in [2.75, 3.05) is 13.1 Å². The van der Waals surface area contributed by atoms with Gasteiger partial charge < -0.3 is 10.6 Å². The van der Waals surface area contributed by atoms with Gasteiger partial charge in [-0.05, 0) is 12.1 Å². The molecule has 1 amide bonds. The molecule has 0 aliphatic heterocycles. The molecule has 1 aromatic heterocycles. The first kappa shape index (κ1) is 11.1. The molecule has 2 N–H and O–H groups in total. The summed E-state index contributed by atoms with van der Waals surface area (Å²) in [6, 6.07) is 5.41. The third-order valence-corrected chi connectivity index (χ3v) is 1.58. The fourth-order valence-corrected chi connectivity index (χ4v) is 0.932. The van der Waals surface area contributed by atoms with Gasteiger partial charge in [0.1, 0.15) is 6.54 Å². The van der Waals surface area contributed by atoms with Gasteiger partial charge >= 0.3 is 0 Å². The fraction of sp³-hybridized carbons (Fsp3) is 0.333. The Morgan fingerprint density at radius 3 is 3.13 bits per heavy atom. The van der Waals surface area contributed by atoms with Gasteiger partial charge in [0.05, 0.1) is 18.3 Å². The van der Waals surface area contributed by atoms with E-state index in [2.05, 4.69) is 20.8 Å². The number of nitrogens with one attached hydrogen (secondary N) is 2. The van der Waals surface area contributed by atoms with Gasteiger partial charge in [0.25, 0.3) is 0 Å². The summed E-state index contributed by atoms with van der Waals surface area (Å²) in [5.74, 6) is -0.208. The van der Waals surface area contributed by atoms with E-state index in [9.17, 15) is 4.79 Å². The zero-order valence-corrected chi connectivity index (χ0v) is 8.10. The molecule has 1 aromatic rings. The first-order valence-electron chi connectivity index (χ1n) is 4.44. The topological polar surface area (TPSA) is 90.7 Å². The first-order chi connectivity index (χ1) is 7.33. The van der Waals surface area contributed by atoms with Crippen molar-refractivity contribution in [1.82, 2.24) is 20.8 Å². The second-order valence-electron chi connectivity index (χ2n) is 2.75. The lowest BCUT2D eigenvalue weighted by Crippen LogP contribution is -2.33.